The normalized spacial score (nSPS) is 14.5. The van der Waals surface area contributed by atoms with Crippen molar-refractivity contribution in [3.63, 3.8) is 0 Å². The average Bonchev–Trinajstić information content (AvgIpc) is 3.50. The fourth-order valence-corrected chi connectivity index (χ4v) is 4.80. The highest BCUT2D eigenvalue weighted by Crippen LogP contribution is 2.42. The lowest BCUT2D eigenvalue weighted by Crippen LogP contribution is -2.21. The third-order valence-corrected chi connectivity index (χ3v) is 6.73. The number of alkyl halides is 5. The number of nitriles is 1. The number of nitrogens with zero attached hydrogens (tertiary/aromatic N) is 3. The summed E-state index contributed by atoms with van der Waals surface area (Å²) in [4.78, 5) is 26.2. The maximum absolute atomic E-state index is 14.1. The second kappa shape index (κ2) is 10.5. The highest BCUT2D eigenvalue weighted by atomic mass is 35.5. The van der Waals surface area contributed by atoms with E-state index in [2.05, 4.69) is 15.7 Å². The Bertz CT molecular complexity index is 1810. The van der Waals surface area contributed by atoms with Gasteiger partial charge in [0, 0.05) is 38.5 Å². The van der Waals surface area contributed by atoms with Crippen LogP contribution < -0.4 is 10.6 Å². The van der Waals surface area contributed by atoms with Crippen LogP contribution in [-0.2, 0) is 6.18 Å². The molecule has 4 aromatic rings. The van der Waals surface area contributed by atoms with Crippen LogP contribution in [0.4, 0.5) is 36.4 Å². The van der Waals surface area contributed by atoms with Gasteiger partial charge in [0.25, 0.3) is 11.8 Å². The highest BCUT2D eigenvalue weighted by Gasteiger charge is 2.36. The first-order valence-electron chi connectivity index (χ1n) is 11.7. The Balaban J connectivity index is 1.70. The van der Waals surface area contributed by atoms with Gasteiger partial charge in [-0.1, -0.05) is 11.6 Å². The van der Waals surface area contributed by atoms with Gasteiger partial charge >= 0.3 is 12.7 Å². The lowest BCUT2D eigenvalue weighted by atomic mass is 9.92. The third-order valence-electron chi connectivity index (χ3n) is 6.39. The van der Waals surface area contributed by atoms with Crippen molar-refractivity contribution in [2.24, 2.45) is 0 Å². The zero-order valence-electron chi connectivity index (χ0n) is 20.5. The Labute approximate surface area is 236 Å². The standard InChI is InChI=1S/C27H13ClF7N5O2/c28-19-2-1-14(29)8-16(19)23-22-17(25(42)39-23)5-11(18-10-37-40(26(31)32)21(18)9-36)6-20(22)38-24(41)12-3-13(27(33,34)35)7-15(30)4-12/h1-8,10,23,26H,(H,38,41)(H,39,42)/t23-/m1/s1. The van der Waals surface area contributed by atoms with Gasteiger partial charge in [0.15, 0.2) is 5.69 Å². The molecule has 0 saturated heterocycles. The van der Waals surface area contributed by atoms with Crippen LogP contribution >= 0.6 is 11.6 Å². The number of nitrogens with one attached hydrogen (secondary N) is 2. The van der Waals surface area contributed by atoms with Crippen molar-refractivity contribution in [1.29, 1.82) is 5.26 Å². The molecule has 1 aromatic heterocycles. The van der Waals surface area contributed by atoms with E-state index in [1.807, 2.05) is 0 Å². The predicted octanol–water partition coefficient (Wildman–Crippen LogP) is 6.85. The minimum atomic E-state index is -4.98. The SMILES string of the molecule is N#Cc1c(-c2cc(NC(=O)c3cc(F)cc(C(F)(F)F)c3)c3c(c2)C(=O)N[C@@H]3c2cc(F)ccc2Cl)cnn1C(F)F. The van der Waals surface area contributed by atoms with Gasteiger partial charge in [-0.2, -0.15) is 37.0 Å². The Morgan fingerprint density at radius 3 is 2.48 bits per heavy atom. The summed E-state index contributed by atoms with van der Waals surface area (Å²) in [5, 5.41) is 17.9. The molecule has 1 aliphatic heterocycles. The molecule has 2 N–H and O–H groups in total. The summed E-state index contributed by atoms with van der Waals surface area (Å²) in [6.45, 7) is -3.19. The molecule has 0 aliphatic carbocycles. The molecular weight excluding hydrogens is 595 g/mol. The average molecular weight is 608 g/mol. The fourth-order valence-electron chi connectivity index (χ4n) is 4.57. The lowest BCUT2D eigenvalue weighted by Gasteiger charge is -2.19. The highest BCUT2D eigenvalue weighted by molar-refractivity contribution is 6.31. The van der Waals surface area contributed by atoms with Gasteiger partial charge in [-0.05, 0) is 54.1 Å². The maximum Gasteiger partial charge on any atom is 0.416 e. The molecule has 5 rings (SSSR count). The van der Waals surface area contributed by atoms with Crippen LogP contribution in [0.5, 0.6) is 0 Å². The number of anilines is 1. The number of hydrogen-bond donors (Lipinski definition) is 2. The summed E-state index contributed by atoms with van der Waals surface area (Å²) in [6.07, 6.45) is -4.06. The fraction of sp³-hybridized carbons (Fsp3) is 0.111. The number of benzene rings is 3. The van der Waals surface area contributed by atoms with Crippen LogP contribution in [0, 0.1) is 23.0 Å². The van der Waals surface area contributed by atoms with Crippen molar-refractivity contribution in [1.82, 2.24) is 15.1 Å². The molecular formula is C27H13ClF7N5O2. The molecule has 0 fully saturated rings. The van der Waals surface area contributed by atoms with Gasteiger partial charge in [0.05, 0.1) is 17.8 Å². The molecule has 1 aliphatic rings. The van der Waals surface area contributed by atoms with Gasteiger partial charge in [-0.25, -0.2) is 8.78 Å². The van der Waals surface area contributed by atoms with Crippen molar-refractivity contribution >= 4 is 29.1 Å². The van der Waals surface area contributed by atoms with Crippen LogP contribution in [0.3, 0.4) is 0 Å². The quantitative estimate of drug-likeness (QED) is 0.242. The number of halogens is 8. The molecule has 1 atom stereocenters. The van der Waals surface area contributed by atoms with E-state index in [0.717, 1.165) is 24.4 Å². The molecule has 2 heterocycles. The van der Waals surface area contributed by atoms with Crippen LogP contribution in [0.25, 0.3) is 11.1 Å². The van der Waals surface area contributed by atoms with Crippen LogP contribution in [-0.4, -0.2) is 21.6 Å². The Kier molecular flexibility index (Phi) is 7.15. The van der Waals surface area contributed by atoms with Gasteiger partial charge < -0.3 is 10.6 Å². The number of aromatic nitrogens is 2. The second-order valence-electron chi connectivity index (χ2n) is 8.98. The van der Waals surface area contributed by atoms with E-state index in [1.165, 1.54) is 12.1 Å². The van der Waals surface area contributed by atoms with Gasteiger partial charge in [-0.3, -0.25) is 9.59 Å². The topological polar surface area (TPSA) is 99.8 Å². The van der Waals surface area contributed by atoms with E-state index >= 15 is 0 Å². The Morgan fingerprint density at radius 2 is 1.81 bits per heavy atom. The summed E-state index contributed by atoms with van der Waals surface area (Å²) in [7, 11) is 0. The number of amides is 2. The van der Waals surface area contributed by atoms with E-state index in [1.54, 1.807) is 6.07 Å². The Morgan fingerprint density at radius 1 is 1.07 bits per heavy atom. The molecule has 0 saturated carbocycles. The number of carbonyl (C=O) groups is 2. The van der Waals surface area contributed by atoms with E-state index in [0.29, 0.717) is 12.1 Å². The molecule has 15 heteroatoms. The first-order chi connectivity index (χ1) is 19.8. The summed E-state index contributed by atoms with van der Waals surface area (Å²) < 4.78 is 94.9. The van der Waals surface area contributed by atoms with Gasteiger partial charge in [0.2, 0.25) is 0 Å². The largest absolute Gasteiger partial charge is 0.416 e. The monoisotopic (exact) mass is 607 g/mol. The first kappa shape index (κ1) is 28.6. The molecule has 42 heavy (non-hydrogen) atoms. The summed E-state index contributed by atoms with van der Waals surface area (Å²) in [6, 6.07) is 7.23. The predicted molar refractivity (Wildman–Crippen MR) is 134 cm³/mol. The maximum atomic E-state index is 14.1. The molecule has 7 nitrogen and oxygen atoms in total. The minimum Gasteiger partial charge on any atom is -0.341 e. The molecule has 3 aromatic carbocycles. The first-order valence-corrected chi connectivity index (χ1v) is 12.0. The van der Waals surface area contributed by atoms with Gasteiger partial charge in [0.1, 0.15) is 17.7 Å². The lowest BCUT2D eigenvalue weighted by molar-refractivity contribution is -0.137. The number of fused-ring (bicyclic) bond motifs is 1. The van der Waals surface area contributed by atoms with Crippen LogP contribution in [0.15, 0.2) is 54.7 Å². The second-order valence-corrected chi connectivity index (χ2v) is 9.39. The van der Waals surface area contributed by atoms with Crippen LogP contribution in [0.2, 0.25) is 5.02 Å². The molecule has 2 amide bonds. The molecule has 0 spiro atoms. The van der Waals surface area contributed by atoms with Crippen molar-refractivity contribution in [2.75, 3.05) is 5.32 Å². The van der Waals surface area contributed by atoms with Crippen molar-refractivity contribution in [3.8, 4) is 17.2 Å². The van der Waals surface area contributed by atoms with E-state index in [4.69, 9.17) is 11.6 Å². The molecule has 214 valence electrons. The number of hydrogen-bond acceptors (Lipinski definition) is 4. The summed E-state index contributed by atoms with van der Waals surface area (Å²) in [5.41, 5.74) is -3.33. The van der Waals surface area contributed by atoms with E-state index in [-0.39, 0.29) is 49.3 Å². The van der Waals surface area contributed by atoms with Crippen molar-refractivity contribution in [2.45, 2.75) is 18.8 Å². The summed E-state index contributed by atoms with van der Waals surface area (Å²) in [5.74, 6) is -4.07. The number of carbonyl (C=O) groups excluding carboxylic acids is 2. The number of rotatable bonds is 5. The zero-order chi connectivity index (χ0) is 30.5. The van der Waals surface area contributed by atoms with E-state index in [9.17, 15) is 45.6 Å². The molecule has 0 bridgehead atoms. The minimum absolute atomic E-state index is 0.00296. The van der Waals surface area contributed by atoms with Gasteiger partial charge in [-0.15, -0.1) is 0 Å². The molecule has 0 radical (unpaired) electrons. The zero-order valence-corrected chi connectivity index (χ0v) is 21.3. The smallest absolute Gasteiger partial charge is 0.341 e. The Hall–Kier alpha value is -4.90. The van der Waals surface area contributed by atoms with E-state index < -0.39 is 59.0 Å². The van der Waals surface area contributed by atoms with Crippen LogP contribution in [0.1, 0.15) is 55.7 Å². The van der Waals surface area contributed by atoms with Crippen molar-refractivity contribution < 1.29 is 40.3 Å². The molecule has 0 unspecified atom stereocenters. The third kappa shape index (κ3) is 5.14. The van der Waals surface area contributed by atoms with Crippen molar-refractivity contribution in [3.05, 3.63) is 105 Å². The summed E-state index contributed by atoms with van der Waals surface area (Å²) >= 11 is 6.25.